The van der Waals surface area contributed by atoms with Crippen LogP contribution in [-0.4, -0.2) is 30.7 Å². The molecule has 0 aliphatic heterocycles. The minimum Gasteiger partial charge on any atom is -0.494 e. The van der Waals surface area contributed by atoms with Crippen molar-refractivity contribution in [3.05, 3.63) is 77.6 Å². The molecule has 0 spiro atoms. The molecule has 1 amide bonds. The zero-order chi connectivity index (χ0) is 22.2. The molecule has 3 aromatic rings. The molecule has 0 fully saturated rings. The van der Waals surface area contributed by atoms with E-state index in [-0.39, 0.29) is 12.0 Å². The lowest BCUT2D eigenvalue weighted by molar-refractivity contribution is 0.102. The van der Waals surface area contributed by atoms with Crippen LogP contribution in [0.25, 0.3) is 0 Å². The van der Waals surface area contributed by atoms with E-state index in [0.29, 0.717) is 41.5 Å². The van der Waals surface area contributed by atoms with Crippen LogP contribution in [-0.2, 0) is 11.2 Å². The Hall–Kier alpha value is -3.38. The fourth-order valence-electron chi connectivity index (χ4n) is 3.06. The van der Waals surface area contributed by atoms with Crippen LogP contribution in [0.2, 0.25) is 0 Å². The van der Waals surface area contributed by atoms with Gasteiger partial charge in [-0.1, -0.05) is 0 Å². The number of aromatic nitrogens is 1. The second-order valence-corrected chi connectivity index (χ2v) is 7.17. The maximum atomic E-state index is 12.7. The third kappa shape index (κ3) is 6.30. The van der Waals surface area contributed by atoms with E-state index >= 15 is 0 Å². The number of methoxy groups -OCH3 is 1. The molecule has 0 aliphatic rings. The molecule has 0 radical (unpaired) electrons. The summed E-state index contributed by atoms with van der Waals surface area (Å²) in [6.45, 7) is 6.39. The average molecular weight is 421 g/mol. The number of ether oxygens (including phenoxy) is 3. The second kappa shape index (κ2) is 10.6. The van der Waals surface area contributed by atoms with E-state index in [1.807, 2.05) is 63.2 Å². The standard InChI is InChI=1S/C25H28N2O4/c1-5-30-21-11-13-23(14-12-21)31-22-9-6-19(7-10-22)27-25(28)24-15-8-20(26-18(24)3)16-17(2)29-4/h6-15,17H,5,16H2,1-4H3,(H,27,28). The minimum absolute atomic E-state index is 0.0786. The molecule has 6 nitrogen and oxygen atoms in total. The number of aryl methyl sites for hydroxylation is 1. The molecule has 0 aliphatic carbocycles. The average Bonchev–Trinajstić information content (AvgIpc) is 2.76. The van der Waals surface area contributed by atoms with Crippen LogP contribution in [0, 0.1) is 6.92 Å². The van der Waals surface area contributed by atoms with Crippen LogP contribution in [0.15, 0.2) is 60.7 Å². The van der Waals surface area contributed by atoms with Crippen molar-refractivity contribution < 1.29 is 19.0 Å². The first-order valence-electron chi connectivity index (χ1n) is 10.3. The van der Waals surface area contributed by atoms with Gasteiger partial charge in [0.2, 0.25) is 0 Å². The van der Waals surface area contributed by atoms with Crippen LogP contribution >= 0.6 is 0 Å². The number of anilines is 1. The summed E-state index contributed by atoms with van der Waals surface area (Å²) < 4.78 is 16.5. The van der Waals surface area contributed by atoms with Gasteiger partial charge >= 0.3 is 0 Å². The lowest BCUT2D eigenvalue weighted by Gasteiger charge is -2.12. The first-order chi connectivity index (χ1) is 15.0. The number of pyridine rings is 1. The van der Waals surface area contributed by atoms with E-state index in [9.17, 15) is 4.79 Å². The topological polar surface area (TPSA) is 69.7 Å². The van der Waals surface area contributed by atoms with Gasteiger partial charge in [-0.25, -0.2) is 0 Å². The summed E-state index contributed by atoms with van der Waals surface area (Å²) in [7, 11) is 1.67. The van der Waals surface area contributed by atoms with Crippen LogP contribution in [0.3, 0.4) is 0 Å². The van der Waals surface area contributed by atoms with E-state index in [4.69, 9.17) is 14.2 Å². The number of amides is 1. The van der Waals surface area contributed by atoms with Gasteiger partial charge < -0.3 is 19.5 Å². The summed E-state index contributed by atoms with van der Waals surface area (Å²) >= 11 is 0. The van der Waals surface area contributed by atoms with E-state index in [1.54, 1.807) is 25.3 Å². The highest BCUT2D eigenvalue weighted by Gasteiger charge is 2.12. The third-order valence-electron chi connectivity index (χ3n) is 4.77. The van der Waals surface area contributed by atoms with Gasteiger partial charge in [-0.2, -0.15) is 0 Å². The Balaban J connectivity index is 1.60. The first kappa shape index (κ1) is 22.3. The van der Waals surface area contributed by atoms with Crippen molar-refractivity contribution in [1.82, 2.24) is 4.98 Å². The molecule has 0 saturated carbocycles. The largest absolute Gasteiger partial charge is 0.494 e. The fourth-order valence-corrected chi connectivity index (χ4v) is 3.06. The van der Waals surface area contributed by atoms with Crippen LogP contribution in [0.4, 0.5) is 5.69 Å². The van der Waals surface area contributed by atoms with Crippen LogP contribution in [0.1, 0.15) is 35.6 Å². The van der Waals surface area contributed by atoms with Gasteiger partial charge in [0, 0.05) is 24.9 Å². The molecule has 1 N–H and O–H groups in total. The molecule has 2 aromatic carbocycles. The van der Waals surface area contributed by atoms with Crippen molar-refractivity contribution in [2.24, 2.45) is 0 Å². The maximum absolute atomic E-state index is 12.7. The van der Waals surface area contributed by atoms with Crippen molar-refractivity contribution in [1.29, 1.82) is 0 Å². The monoisotopic (exact) mass is 420 g/mol. The second-order valence-electron chi connectivity index (χ2n) is 7.17. The number of benzene rings is 2. The summed E-state index contributed by atoms with van der Waals surface area (Å²) in [6.07, 6.45) is 0.782. The molecule has 1 atom stereocenters. The Labute approximate surface area is 183 Å². The molecule has 31 heavy (non-hydrogen) atoms. The van der Waals surface area contributed by atoms with E-state index in [1.165, 1.54) is 0 Å². The molecule has 1 unspecified atom stereocenters. The highest BCUT2D eigenvalue weighted by molar-refractivity contribution is 6.05. The molecular weight excluding hydrogens is 392 g/mol. The van der Waals surface area contributed by atoms with Gasteiger partial charge in [-0.3, -0.25) is 9.78 Å². The molecule has 1 aromatic heterocycles. The van der Waals surface area contributed by atoms with Crippen LogP contribution < -0.4 is 14.8 Å². The summed E-state index contributed by atoms with van der Waals surface area (Å²) in [5, 5.41) is 2.91. The third-order valence-corrected chi connectivity index (χ3v) is 4.77. The molecule has 3 rings (SSSR count). The normalized spacial score (nSPS) is 11.6. The Morgan fingerprint density at radius 2 is 1.58 bits per heavy atom. The quantitative estimate of drug-likeness (QED) is 0.501. The number of hydrogen-bond donors (Lipinski definition) is 1. The van der Waals surface area contributed by atoms with Gasteiger partial charge in [0.25, 0.3) is 5.91 Å². The maximum Gasteiger partial charge on any atom is 0.257 e. The van der Waals surface area contributed by atoms with Gasteiger partial charge in [0.1, 0.15) is 17.2 Å². The molecule has 1 heterocycles. The fraction of sp³-hybridized carbons (Fsp3) is 0.280. The first-order valence-corrected chi connectivity index (χ1v) is 10.3. The summed E-state index contributed by atoms with van der Waals surface area (Å²) in [4.78, 5) is 17.2. The number of nitrogens with zero attached hydrogens (tertiary/aromatic N) is 1. The van der Waals surface area contributed by atoms with Crippen LogP contribution in [0.5, 0.6) is 17.2 Å². The SMILES string of the molecule is CCOc1ccc(Oc2ccc(NC(=O)c3ccc(CC(C)OC)nc3C)cc2)cc1. The lowest BCUT2D eigenvalue weighted by atomic mass is 10.1. The van der Waals surface area contributed by atoms with Crippen molar-refractivity contribution in [3.8, 4) is 17.2 Å². The highest BCUT2D eigenvalue weighted by atomic mass is 16.5. The lowest BCUT2D eigenvalue weighted by Crippen LogP contribution is -2.16. The molecule has 162 valence electrons. The van der Waals surface area contributed by atoms with E-state index < -0.39 is 0 Å². The van der Waals surface area contributed by atoms with Crippen molar-refractivity contribution >= 4 is 11.6 Å². The van der Waals surface area contributed by atoms with Gasteiger partial charge in [-0.05, 0) is 81.4 Å². The smallest absolute Gasteiger partial charge is 0.257 e. The van der Waals surface area contributed by atoms with Gasteiger partial charge in [-0.15, -0.1) is 0 Å². The number of carbonyl (C=O) groups excluding carboxylic acids is 1. The Kier molecular flexibility index (Phi) is 7.62. The van der Waals surface area contributed by atoms with E-state index in [0.717, 1.165) is 11.4 Å². The van der Waals surface area contributed by atoms with Gasteiger partial charge in [0.05, 0.1) is 24.0 Å². The number of rotatable bonds is 9. The molecule has 0 bridgehead atoms. The Bertz CT molecular complexity index is 1000. The van der Waals surface area contributed by atoms with Gasteiger partial charge in [0.15, 0.2) is 0 Å². The molecule has 6 heteroatoms. The van der Waals surface area contributed by atoms with E-state index in [2.05, 4.69) is 10.3 Å². The van der Waals surface area contributed by atoms with Crippen molar-refractivity contribution in [2.75, 3.05) is 19.0 Å². The molecular formula is C25H28N2O4. The Morgan fingerprint density at radius 3 is 2.16 bits per heavy atom. The Morgan fingerprint density at radius 1 is 0.968 bits per heavy atom. The molecule has 0 saturated heterocycles. The zero-order valence-electron chi connectivity index (χ0n) is 18.3. The number of hydrogen-bond acceptors (Lipinski definition) is 5. The van der Waals surface area contributed by atoms with Crippen molar-refractivity contribution in [2.45, 2.75) is 33.3 Å². The summed E-state index contributed by atoms with van der Waals surface area (Å²) in [5.74, 6) is 2.00. The number of nitrogens with one attached hydrogen (secondary N) is 1. The summed E-state index contributed by atoms with van der Waals surface area (Å²) in [6, 6.07) is 18.3. The predicted molar refractivity (Wildman–Crippen MR) is 121 cm³/mol. The minimum atomic E-state index is -0.198. The predicted octanol–water partition coefficient (Wildman–Crippen LogP) is 5.41. The number of carbonyl (C=O) groups is 1. The highest BCUT2D eigenvalue weighted by Crippen LogP contribution is 2.25. The zero-order valence-corrected chi connectivity index (χ0v) is 18.3. The van der Waals surface area contributed by atoms with Crippen molar-refractivity contribution in [3.63, 3.8) is 0 Å². The summed E-state index contributed by atoms with van der Waals surface area (Å²) in [5.41, 5.74) is 2.82.